The topological polar surface area (TPSA) is 4.93 Å². The summed E-state index contributed by atoms with van der Waals surface area (Å²) >= 11 is 0. The van der Waals surface area contributed by atoms with E-state index in [9.17, 15) is 0 Å². The minimum Gasteiger partial charge on any atom is -0.314 e. The maximum Gasteiger partial charge on any atom is 0.0537 e. The van der Waals surface area contributed by atoms with Crippen LogP contribution in [0.3, 0.4) is 0 Å². The molecular formula is C18H19N. The van der Waals surface area contributed by atoms with Gasteiger partial charge in [0.15, 0.2) is 0 Å². The lowest BCUT2D eigenvalue weighted by Gasteiger charge is -2.09. The Bertz CT molecular complexity index is 757. The summed E-state index contributed by atoms with van der Waals surface area (Å²) in [5.41, 5.74) is 2.37. The van der Waals surface area contributed by atoms with Gasteiger partial charge in [-0.25, -0.2) is 0 Å². The van der Waals surface area contributed by atoms with Crippen molar-refractivity contribution in [3.05, 3.63) is 65.7 Å². The van der Waals surface area contributed by atoms with E-state index in [4.69, 9.17) is 0 Å². The van der Waals surface area contributed by atoms with Crippen molar-refractivity contribution in [3.8, 4) is 0 Å². The highest BCUT2D eigenvalue weighted by molar-refractivity contribution is 5.84. The zero-order chi connectivity index (χ0) is 13.8. The van der Waals surface area contributed by atoms with Gasteiger partial charge in [0.05, 0.1) is 5.52 Å². The van der Waals surface area contributed by atoms with Crippen molar-refractivity contribution in [2.75, 3.05) is 0 Å². The lowest BCUT2D eigenvalue weighted by Crippen LogP contribution is -2.25. The number of fused-ring (bicyclic) bond motifs is 1. The van der Waals surface area contributed by atoms with Gasteiger partial charge in [0.2, 0.25) is 0 Å². The van der Waals surface area contributed by atoms with E-state index in [0.29, 0.717) is 0 Å². The van der Waals surface area contributed by atoms with Crippen LogP contribution in [0.1, 0.15) is 13.3 Å². The summed E-state index contributed by atoms with van der Waals surface area (Å²) in [6.45, 7) is 14.0. The third-order valence-corrected chi connectivity index (χ3v) is 3.31. The zero-order valence-corrected chi connectivity index (χ0v) is 11.4. The van der Waals surface area contributed by atoms with Crippen molar-refractivity contribution in [1.82, 2.24) is 4.57 Å². The molecule has 0 aliphatic heterocycles. The molecule has 0 unspecified atom stereocenters. The van der Waals surface area contributed by atoms with Gasteiger partial charge in [-0.3, -0.25) is 0 Å². The molecule has 0 radical (unpaired) electrons. The molecule has 1 heteroatoms. The fourth-order valence-electron chi connectivity index (χ4n) is 2.31. The molecule has 1 heterocycles. The molecule has 2 rings (SSSR count). The monoisotopic (exact) mass is 249 g/mol. The highest BCUT2D eigenvalue weighted by Gasteiger charge is 2.07. The second kappa shape index (κ2) is 5.57. The summed E-state index contributed by atoms with van der Waals surface area (Å²) in [5.74, 6) is 0. The Balaban J connectivity index is 2.65. The summed E-state index contributed by atoms with van der Waals surface area (Å²) in [6.07, 6.45) is 8.82. The lowest BCUT2D eigenvalue weighted by atomic mass is 10.2. The maximum atomic E-state index is 4.17. The van der Waals surface area contributed by atoms with Gasteiger partial charge in [0.1, 0.15) is 0 Å². The quantitative estimate of drug-likeness (QED) is 0.731. The van der Waals surface area contributed by atoms with Gasteiger partial charge in [-0.2, -0.15) is 0 Å². The van der Waals surface area contributed by atoms with Gasteiger partial charge in [-0.05, 0) is 13.0 Å². The first kappa shape index (κ1) is 13.2. The van der Waals surface area contributed by atoms with Gasteiger partial charge >= 0.3 is 0 Å². The molecule has 0 atom stereocenters. The fraction of sp³-hybridized carbons (Fsp3) is 0.111. The van der Waals surface area contributed by atoms with Crippen molar-refractivity contribution >= 4 is 29.8 Å². The van der Waals surface area contributed by atoms with E-state index in [1.165, 1.54) is 11.1 Å². The molecule has 96 valence electrons. The Hall–Kier alpha value is -2.28. The number of allylic oxidation sites excluding steroid dienone is 5. The van der Waals surface area contributed by atoms with E-state index in [1.807, 2.05) is 25.1 Å². The van der Waals surface area contributed by atoms with Crippen LogP contribution in [0.4, 0.5) is 0 Å². The Morgan fingerprint density at radius 1 is 1.26 bits per heavy atom. The van der Waals surface area contributed by atoms with Gasteiger partial charge in [0, 0.05) is 28.1 Å². The van der Waals surface area contributed by atoms with Crippen LogP contribution in [-0.4, -0.2) is 4.57 Å². The SMILES string of the molecule is C=C/C=C\C/C(=C\C)n1c(=C)c(=C)c2ccccc21. The number of nitrogens with zero attached hydrogens (tertiary/aromatic N) is 1. The van der Waals surface area contributed by atoms with Crippen LogP contribution in [0.5, 0.6) is 0 Å². The molecular weight excluding hydrogens is 230 g/mol. The molecule has 0 fully saturated rings. The highest BCUT2D eigenvalue weighted by Crippen LogP contribution is 2.16. The molecule has 2 aromatic rings. The van der Waals surface area contributed by atoms with Crippen LogP contribution < -0.4 is 10.6 Å². The predicted octanol–water partition coefficient (Wildman–Crippen LogP) is 3.46. The third kappa shape index (κ3) is 2.32. The van der Waals surface area contributed by atoms with Crippen molar-refractivity contribution in [2.24, 2.45) is 0 Å². The maximum absolute atomic E-state index is 4.17. The van der Waals surface area contributed by atoms with Crippen LogP contribution in [0.2, 0.25) is 0 Å². The van der Waals surface area contributed by atoms with E-state index >= 15 is 0 Å². The number of benzene rings is 1. The smallest absolute Gasteiger partial charge is 0.0537 e. The molecule has 19 heavy (non-hydrogen) atoms. The van der Waals surface area contributed by atoms with Crippen molar-refractivity contribution in [2.45, 2.75) is 13.3 Å². The van der Waals surface area contributed by atoms with Crippen molar-refractivity contribution < 1.29 is 0 Å². The van der Waals surface area contributed by atoms with E-state index in [1.54, 1.807) is 6.08 Å². The Kier molecular flexibility index (Phi) is 3.86. The molecule has 1 aromatic carbocycles. The molecule has 1 aromatic heterocycles. The summed E-state index contributed by atoms with van der Waals surface area (Å²) < 4.78 is 2.19. The largest absolute Gasteiger partial charge is 0.314 e. The predicted molar refractivity (Wildman–Crippen MR) is 86.1 cm³/mol. The first-order valence-corrected chi connectivity index (χ1v) is 6.41. The Morgan fingerprint density at radius 3 is 2.68 bits per heavy atom. The van der Waals surface area contributed by atoms with Crippen LogP contribution >= 0.6 is 0 Å². The van der Waals surface area contributed by atoms with Crippen LogP contribution in [0, 0.1) is 0 Å². The van der Waals surface area contributed by atoms with Gasteiger partial charge in [0.25, 0.3) is 0 Å². The standard InChI is InChI=1S/C18H19N/c1-5-7-8-11-16(6-2)19-15(4)14(3)17-12-9-10-13-18(17)19/h5-10,12-13H,1,3-4,11H2,2H3/b8-7-,16-6+. The Morgan fingerprint density at radius 2 is 2.00 bits per heavy atom. The minimum atomic E-state index is 0.850. The van der Waals surface area contributed by atoms with Gasteiger partial charge in [-0.1, -0.05) is 62.2 Å². The second-order valence-electron chi connectivity index (χ2n) is 4.43. The van der Waals surface area contributed by atoms with E-state index < -0.39 is 0 Å². The summed E-state index contributed by atoms with van der Waals surface area (Å²) in [5, 5.41) is 3.13. The molecule has 0 aliphatic rings. The van der Waals surface area contributed by atoms with Crippen molar-refractivity contribution in [1.29, 1.82) is 0 Å². The number of para-hydroxylation sites is 1. The van der Waals surface area contributed by atoms with Crippen molar-refractivity contribution in [3.63, 3.8) is 0 Å². The van der Waals surface area contributed by atoms with Crippen LogP contribution in [0.15, 0.2) is 55.1 Å². The fourth-order valence-corrected chi connectivity index (χ4v) is 2.31. The first-order valence-electron chi connectivity index (χ1n) is 6.41. The van der Waals surface area contributed by atoms with E-state index in [0.717, 1.165) is 22.5 Å². The summed E-state index contributed by atoms with van der Waals surface area (Å²) in [6, 6.07) is 8.29. The number of hydrogen-bond donors (Lipinski definition) is 0. The average molecular weight is 249 g/mol. The lowest BCUT2D eigenvalue weighted by molar-refractivity contribution is 1.05. The Labute approximate surface area is 114 Å². The van der Waals surface area contributed by atoms with E-state index in [-0.39, 0.29) is 0 Å². The summed E-state index contributed by atoms with van der Waals surface area (Å²) in [7, 11) is 0. The van der Waals surface area contributed by atoms with Crippen LogP contribution in [0.25, 0.3) is 29.8 Å². The third-order valence-electron chi connectivity index (χ3n) is 3.31. The second-order valence-corrected chi connectivity index (χ2v) is 4.43. The van der Waals surface area contributed by atoms with Crippen LogP contribution in [-0.2, 0) is 0 Å². The highest BCUT2D eigenvalue weighted by atomic mass is 15.0. The molecule has 0 amide bonds. The number of aromatic nitrogens is 1. The molecule has 0 aliphatic carbocycles. The summed E-state index contributed by atoms with van der Waals surface area (Å²) in [4.78, 5) is 0. The molecule has 0 saturated carbocycles. The van der Waals surface area contributed by atoms with Gasteiger partial charge < -0.3 is 4.57 Å². The molecule has 1 nitrogen and oxygen atoms in total. The van der Waals surface area contributed by atoms with Gasteiger partial charge in [-0.15, -0.1) is 0 Å². The molecule has 0 saturated heterocycles. The molecule has 0 spiro atoms. The molecule has 0 bridgehead atoms. The zero-order valence-electron chi connectivity index (χ0n) is 11.4. The molecule has 0 N–H and O–H groups in total. The minimum absolute atomic E-state index is 0.850. The number of hydrogen-bond acceptors (Lipinski definition) is 0. The van der Waals surface area contributed by atoms with E-state index in [2.05, 4.69) is 48.6 Å². The normalized spacial score (nSPS) is 12.4. The number of rotatable bonds is 4. The first-order chi connectivity index (χ1) is 9.20. The average Bonchev–Trinajstić information content (AvgIpc) is 2.69.